The van der Waals surface area contributed by atoms with E-state index in [0.29, 0.717) is 29.0 Å². The number of carbonyl (C=O) groups excluding carboxylic acids is 2. The van der Waals surface area contributed by atoms with E-state index in [1.807, 2.05) is 13.0 Å². The fraction of sp³-hybridized carbons (Fsp3) is 0.375. The molecule has 3 heterocycles. The number of carbonyl (C=O) groups is 2. The number of nitrogens with one attached hydrogen (secondary N) is 2. The fourth-order valence-electron chi connectivity index (χ4n) is 3.60. The van der Waals surface area contributed by atoms with Crippen molar-refractivity contribution in [2.45, 2.75) is 45.9 Å². The number of esters is 1. The molecule has 1 saturated heterocycles. The van der Waals surface area contributed by atoms with E-state index >= 15 is 0 Å². The van der Waals surface area contributed by atoms with E-state index in [-0.39, 0.29) is 43.2 Å². The van der Waals surface area contributed by atoms with Crippen LogP contribution in [0.3, 0.4) is 0 Å². The summed E-state index contributed by atoms with van der Waals surface area (Å²) in [6.45, 7) is 5.20. The van der Waals surface area contributed by atoms with E-state index in [2.05, 4.69) is 25.6 Å². The number of hydrogen-bond donors (Lipinski definition) is 2. The summed E-state index contributed by atoms with van der Waals surface area (Å²) in [5, 5.41) is 6.60. The largest absolute Gasteiger partial charge is 0.461 e. The first-order chi connectivity index (χ1) is 16.9. The van der Waals surface area contributed by atoms with Gasteiger partial charge in [0.25, 0.3) is 5.91 Å². The molecule has 1 aliphatic rings. The highest BCUT2D eigenvalue weighted by Crippen LogP contribution is 2.22. The summed E-state index contributed by atoms with van der Waals surface area (Å²) in [4.78, 5) is 37.5. The molecule has 35 heavy (non-hydrogen) atoms. The van der Waals surface area contributed by atoms with Gasteiger partial charge in [0.2, 0.25) is 5.95 Å². The number of imidazole rings is 1. The van der Waals surface area contributed by atoms with Crippen molar-refractivity contribution >= 4 is 29.4 Å². The van der Waals surface area contributed by atoms with E-state index in [1.54, 1.807) is 42.3 Å². The molecule has 10 nitrogen and oxygen atoms in total. The number of ether oxygens (including phenoxy) is 2. The number of anilines is 1. The van der Waals surface area contributed by atoms with Crippen molar-refractivity contribution in [1.29, 1.82) is 0 Å². The molecule has 0 radical (unpaired) electrons. The molecule has 2 aromatic heterocycles. The zero-order valence-corrected chi connectivity index (χ0v) is 20.3. The lowest BCUT2D eigenvalue weighted by molar-refractivity contribution is -0.144. The zero-order chi connectivity index (χ0) is 24.8. The molecule has 184 valence electrons. The third kappa shape index (κ3) is 6.14. The minimum Gasteiger partial charge on any atom is -0.461 e. The van der Waals surface area contributed by atoms with Gasteiger partial charge in [0.05, 0.1) is 12.6 Å². The summed E-state index contributed by atoms with van der Waals surface area (Å²) in [5.41, 5.74) is 2.49. The molecule has 1 amide bonds. The van der Waals surface area contributed by atoms with Gasteiger partial charge in [-0.3, -0.25) is 14.2 Å². The Morgan fingerprint density at radius 1 is 1.31 bits per heavy atom. The highest BCUT2D eigenvalue weighted by Gasteiger charge is 2.18. The summed E-state index contributed by atoms with van der Waals surface area (Å²) >= 11 is 6.30. The van der Waals surface area contributed by atoms with E-state index in [0.717, 1.165) is 24.2 Å². The average Bonchev–Trinajstić information content (AvgIpc) is 3.55. The first-order valence-corrected chi connectivity index (χ1v) is 11.7. The summed E-state index contributed by atoms with van der Waals surface area (Å²) in [7, 11) is 0. The summed E-state index contributed by atoms with van der Waals surface area (Å²) in [6.07, 6.45) is 6.07. The summed E-state index contributed by atoms with van der Waals surface area (Å²) < 4.78 is 12.3. The molecule has 11 heteroatoms. The second kappa shape index (κ2) is 11.3. The van der Waals surface area contributed by atoms with Crippen LogP contribution in [0.2, 0.25) is 5.02 Å². The van der Waals surface area contributed by atoms with Crippen LogP contribution in [-0.2, 0) is 27.4 Å². The lowest BCUT2D eigenvalue weighted by atomic mass is 10.1. The van der Waals surface area contributed by atoms with Gasteiger partial charge >= 0.3 is 5.97 Å². The second-order valence-electron chi connectivity index (χ2n) is 8.15. The van der Waals surface area contributed by atoms with Gasteiger partial charge < -0.3 is 20.1 Å². The first kappa shape index (κ1) is 24.6. The van der Waals surface area contributed by atoms with Gasteiger partial charge in [-0.15, -0.1) is 0 Å². The fourth-order valence-corrected chi connectivity index (χ4v) is 3.85. The van der Waals surface area contributed by atoms with Gasteiger partial charge in [0.1, 0.15) is 24.4 Å². The van der Waals surface area contributed by atoms with E-state index < -0.39 is 0 Å². The van der Waals surface area contributed by atoms with Gasteiger partial charge in [-0.2, -0.15) is 4.98 Å². The zero-order valence-electron chi connectivity index (χ0n) is 19.6. The first-order valence-electron chi connectivity index (χ1n) is 11.4. The van der Waals surface area contributed by atoms with Gasteiger partial charge in [-0.1, -0.05) is 30.7 Å². The van der Waals surface area contributed by atoms with Crippen molar-refractivity contribution < 1.29 is 19.1 Å². The molecule has 3 aromatic rings. The summed E-state index contributed by atoms with van der Waals surface area (Å²) in [5.74, 6) is 0.453. The topological polar surface area (TPSA) is 120 Å². The number of halogens is 1. The molecule has 0 unspecified atom stereocenters. The quantitative estimate of drug-likeness (QED) is 0.431. The molecule has 0 aliphatic carbocycles. The Morgan fingerprint density at radius 2 is 2.17 bits per heavy atom. The van der Waals surface area contributed by atoms with Crippen molar-refractivity contribution in [3.05, 3.63) is 64.3 Å². The van der Waals surface area contributed by atoms with Crippen molar-refractivity contribution in [1.82, 2.24) is 24.8 Å². The average molecular weight is 499 g/mol. The summed E-state index contributed by atoms with van der Waals surface area (Å²) in [6, 6.07) is 5.51. The SMILES string of the molecule is CCC(=O)OCc1c(Cl)cccc1CNC(=O)c1cn(-c2nc(N[C@H]3CCOC3)ncc2C)cn1. The lowest BCUT2D eigenvalue weighted by Crippen LogP contribution is -2.24. The molecule has 1 aliphatic heterocycles. The normalized spacial score (nSPS) is 15.1. The molecule has 1 aromatic carbocycles. The highest BCUT2D eigenvalue weighted by molar-refractivity contribution is 6.31. The van der Waals surface area contributed by atoms with E-state index in [1.165, 1.54) is 0 Å². The van der Waals surface area contributed by atoms with E-state index in [9.17, 15) is 9.59 Å². The van der Waals surface area contributed by atoms with Gasteiger partial charge in [0.15, 0.2) is 0 Å². The van der Waals surface area contributed by atoms with Crippen molar-refractivity contribution in [3.63, 3.8) is 0 Å². The van der Waals surface area contributed by atoms with Crippen LogP contribution < -0.4 is 10.6 Å². The molecule has 0 spiro atoms. The third-order valence-electron chi connectivity index (χ3n) is 5.59. The predicted molar refractivity (Wildman–Crippen MR) is 129 cm³/mol. The highest BCUT2D eigenvalue weighted by atomic mass is 35.5. The molecular formula is C24H27ClN6O4. The maximum absolute atomic E-state index is 12.8. The van der Waals surface area contributed by atoms with Gasteiger partial charge in [0, 0.05) is 48.1 Å². The minimum atomic E-state index is -0.353. The maximum Gasteiger partial charge on any atom is 0.305 e. The predicted octanol–water partition coefficient (Wildman–Crippen LogP) is 3.21. The third-order valence-corrected chi connectivity index (χ3v) is 5.94. The minimum absolute atomic E-state index is 0.0442. The Labute approximate surface area is 208 Å². The van der Waals surface area contributed by atoms with Crippen molar-refractivity contribution in [3.8, 4) is 5.82 Å². The van der Waals surface area contributed by atoms with Crippen molar-refractivity contribution in [2.75, 3.05) is 18.5 Å². The van der Waals surface area contributed by atoms with Crippen molar-refractivity contribution in [2.24, 2.45) is 0 Å². The Kier molecular flexibility index (Phi) is 7.94. The maximum atomic E-state index is 12.8. The van der Waals surface area contributed by atoms with E-state index in [4.69, 9.17) is 21.1 Å². The Hall–Kier alpha value is -3.50. The van der Waals surface area contributed by atoms with Crippen LogP contribution in [-0.4, -0.2) is 50.7 Å². The number of benzene rings is 1. The van der Waals surface area contributed by atoms with Crippen LogP contribution >= 0.6 is 11.6 Å². The number of rotatable bonds is 9. The molecule has 4 rings (SSSR count). The molecule has 1 fully saturated rings. The molecule has 0 bridgehead atoms. The number of aromatic nitrogens is 4. The Balaban J connectivity index is 1.43. The van der Waals surface area contributed by atoms with Crippen LogP contribution in [0.15, 0.2) is 36.9 Å². The number of hydrogen-bond acceptors (Lipinski definition) is 8. The second-order valence-corrected chi connectivity index (χ2v) is 8.55. The van der Waals surface area contributed by atoms with Crippen LogP contribution in [0.25, 0.3) is 5.82 Å². The Bertz CT molecular complexity index is 1210. The molecule has 1 atom stereocenters. The number of amides is 1. The van der Waals surface area contributed by atoms with Crippen LogP contribution in [0.5, 0.6) is 0 Å². The molecular weight excluding hydrogens is 472 g/mol. The lowest BCUT2D eigenvalue weighted by Gasteiger charge is -2.13. The number of aryl methyl sites for hydroxylation is 1. The van der Waals surface area contributed by atoms with Gasteiger partial charge in [-0.05, 0) is 25.0 Å². The van der Waals surface area contributed by atoms with Crippen LogP contribution in [0.4, 0.5) is 5.95 Å². The van der Waals surface area contributed by atoms with Gasteiger partial charge in [-0.25, -0.2) is 9.97 Å². The monoisotopic (exact) mass is 498 g/mol. The Morgan fingerprint density at radius 3 is 2.94 bits per heavy atom. The molecule has 0 saturated carbocycles. The van der Waals surface area contributed by atoms with Crippen LogP contribution in [0.1, 0.15) is 46.9 Å². The molecule has 2 N–H and O–H groups in total. The standard InChI is InChI=1S/C24H27ClN6O4/c1-3-21(32)35-13-18-16(5-4-6-19(18)25)10-26-23(33)20-11-31(14-28-20)22-15(2)9-27-24(30-22)29-17-7-8-34-12-17/h4-6,9,11,14,17H,3,7-8,10,12-13H2,1-2H3,(H,26,33)(H,27,29,30)/t17-/m0/s1. The smallest absolute Gasteiger partial charge is 0.305 e. The van der Waals surface area contributed by atoms with Crippen LogP contribution in [0, 0.1) is 6.92 Å². The number of nitrogens with zero attached hydrogens (tertiary/aromatic N) is 4.